The monoisotopic (exact) mass is 288 g/mol. The molecule has 1 saturated heterocycles. The molecular formula is C15H29ClN2O. The molecule has 2 N–H and O–H groups in total. The summed E-state index contributed by atoms with van der Waals surface area (Å²) in [6.07, 6.45) is 9.59. The third-order valence-corrected chi connectivity index (χ3v) is 4.66. The van der Waals surface area contributed by atoms with Gasteiger partial charge in [0.2, 0.25) is 5.91 Å². The Morgan fingerprint density at radius 3 is 2.68 bits per heavy atom. The molecule has 4 heteroatoms. The molecule has 0 aromatic rings. The highest BCUT2D eigenvalue weighted by molar-refractivity contribution is 5.85. The maximum Gasteiger partial charge on any atom is 0.237 e. The molecule has 1 saturated carbocycles. The van der Waals surface area contributed by atoms with Crippen LogP contribution in [0.15, 0.2) is 0 Å². The molecule has 0 aromatic heterocycles. The quantitative estimate of drug-likeness (QED) is 0.816. The maximum atomic E-state index is 12.3. The lowest BCUT2D eigenvalue weighted by atomic mass is 9.85. The predicted molar refractivity (Wildman–Crippen MR) is 81.7 cm³/mol. The lowest BCUT2D eigenvalue weighted by Crippen LogP contribution is -2.46. The largest absolute Gasteiger partial charge is 0.352 e. The fraction of sp³-hybridized carbons (Fsp3) is 0.933. The second-order valence-corrected chi connectivity index (χ2v) is 6.01. The molecule has 1 aliphatic carbocycles. The number of nitrogens with one attached hydrogen (secondary N) is 2. The smallest absolute Gasteiger partial charge is 0.237 e. The van der Waals surface area contributed by atoms with Crippen molar-refractivity contribution >= 4 is 18.3 Å². The predicted octanol–water partition coefficient (Wildman–Crippen LogP) is 3.02. The summed E-state index contributed by atoms with van der Waals surface area (Å²) in [4.78, 5) is 12.3. The van der Waals surface area contributed by atoms with Gasteiger partial charge in [-0.25, -0.2) is 0 Å². The molecule has 2 rings (SSSR count). The van der Waals surface area contributed by atoms with Crippen molar-refractivity contribution in [2.24, 2.45) is 5.92 Å². The lowest BCUT2D eigenvalue weighted by molar-refractivity contribution is -0.123. The Balaban J connectivity index is 0.00000180. The van der Waals surface area contributed by atoms with Crippen molar-refractivity contribution in [2.75, 3.05) is 0 Å². The molecule has 19 heavy (non-hydrogen) atoms. The minimum absolute atomic E-state index is 0. The van der Waals surface area contributed by atoms with Crippen LogP contribution in [-0.2, 0) is 4.79 Å². The van der Waals surface area contributed by atoms with Gasteiger partial charge < -0.3 is 10.6 Å². The molecule has 2 aliphatic rings. The van der Waals surface area contributed by atoms with Crippen molar-refractivity contribution in [1.82, 2.24) is 10.6 Å². The Morgan fingerprint density at radius 2 is 2.05 bits per heavy atom. The van der Waals surface area contributed by atoms with Gasteiger partial charge >= 0.3 is 0 Å². The first kappa shape index (κ1) is 16.8. The van der Waals surface area contributed by atoms with Gasteiger partial charge in [0, 0.05) is 12.1 Å². The summed E-state index contributed by atoms with van der Waals surface area (Å²) in [5.41, 5.74) is 0. The summed E-state index contributed by atoms with van der Waals surface area (Å²) in [7, 11) is 0. The second kappa shape index (κ2) is 8.11. The molecule has 4 atom stereocenters. The van der Waals surface area contributed by atoms with Crippen LogP contribution in [0.3, 0.4) is 0 Å². The number of carbonyl (C=O) groups excluding carboxylic acids is 1. The summed E-state index contributed by atoms with van der Waals surface area (Å²) < 4.78 is 0. The van der Waals surface area contributed by atoms with Gasteiger partial charge in [0.1, 0.15) is 0 Å². The first-order chi connectivity index (χ1) is 8.74. The number of hydrogen-bond acceptors (Lipinski definition) is 2. The molecular weight excluding hydrogens is 260 g/mol. The minimum atomic E-state index is 0. The first-order valence-corrected chi connectivity index (χ1v) is 7.81. The zero-order chi connectivity index (χ0) is 13.0. The van der Waals surface area contributed by atoms with E-state index >= 15 is 0 Å². The van der Waals surface area contributed by atoms with E-state index in [4.69, 9.17) is 0 Å². The van der Waals surface area contributed by atoms with Gasteiger partial charge in [-0.15, -0.1) is 12.4 Å². The van der Waals surface area contributed by atoms with Crippen LogP contribution in [-0.4, -0.2) is 24.0 Å². The van der Waals surface area contributed by atoms with Gasteiger partial charge in [-0.05, 0) is 38.0 Å². The third-order valence-electron chi connectivity index (χ3n) is 4.66. The topological polar surface area (TPSA) is 41.1 Å². The summed E-state index contributed by atoms with van der Waals surface area (Å²) in [6, 6.07) is 1.05. The number of fused-ring (bicyclic) bond motifs is 1. The summed E-state index contributed by atoms with van der Waals surface area (Å²) in [6.45, 7) is 4.33. The van der Waals surface area contributed by atoms with E-state index in [9.17, 15) is 4.79 Å². The Kier molecular flexibility index (Phi) is 7.16. The number of halogens is 1. The average Bonchev–Trinajstić information content (AvgIpc) is 2.82. The Morgan fingerprint density at radius 1 is 1.32 bits per heavy atom. The van der Waals surface area contributed by atoms with E-state index in [0.29, 0.717) is 12.1 Å². The zero-order valence-corrected chi connectivity index (χ0v) is 13.1. The zero-order valence-electron chi connectivity index (χ0n) is 12.3. The molecule has 0 spiro atoms. The van der Waals surface area contributed by atoms with Gasteiger partial charge in [-0.2, -0.15) is 0 Å². The highest BCUT2D eigenvalue weighted by atomic mass is 35.5. The van der Waals surface area contributed by atoms with E-state index in [0.717, 1.165) is 31.6 Å². The van der Waals surface area contributed by atoms with Crippen molar-refractivity contribution in [2.45, 2.75) is 83.3 Å². The number of rotatable bonds is 5. The molecule has 0 aromatic carbocycles. The SMILES string of the molecule is CCCC(CC)NC(=O)C1CC2CCCCC2N1.Cl. The second-order valence-electron chi connectivity index (χ2n) is 6.01. The van der Waals surface area contributed by atoms with E-state index in [1.165, 1.54) is 25.7 Å². The fourth-order valence-electron chi connectivity index (χ4n) is 3.55. The molecule has 0 radical (unpaired) electrons. The van der Waals surface area contributed by atoms with Gasteiger partial charge in [-0.3, -0.25) is 4.79 Å². The molecule has 1 aliphatic heterocycles. The average molecular weight is 289 g/mol. The van der Waals surface area contributed by atoms with Crippen LogP contribution in [0.25, 0.3) is 0 Å². The Bertz CT molecular complexity index is 271. The first-order valence-electron chi connectivity index (χ1n) is 7.81. The molecule has 1 heterocycles. The highest BCUT2D eigenvalue weighted by Gasteiger charge is 2.38. The molecule has 3 nitrogen and oxygen atoms in total. The van der Waals surface area contributed by atoms with E-state index in [-0.39, 0.29) is 24.4 Å². The standard InChI is InChI=1S/C15H28N2O.ClH/c1-3-7-12(4-2)16-15(18)14-10-11-8-5-6-9-13(11)17-14;/h11-14,17H,3-10H2,1-2H3,(H,16,18);1H. The van der Waals surface area contributed by atoms with Crippen LogP contribution in [0.1, 0.15) is 65.2 Å². The van der Waals surface area contributed by atoms with Crippen molar-refractivity contribution in [3.8, 4) is 0 Å². The highest BCUT2D eigenvalue weighted by Crippen LogP contribution is 2.33. The van der Waals surface area contributed by atoms with Crippen LogP contribution in [0.5, 0.6) is 0 Å². The Labute approximate surface area is 123 Å². The number of carbonyl (C=O) groups is 1. The normalized spacial score (nSPS) is 31.2. The maximum absolute atomic E-state index is 12.3. The van der Waals surface area contributed by atoms with Crippen LogP contribution in [0, 0.1) is 5.92 Å². The van der Waals surface area contributed by atoms with Crippen molar-refractivity contribution in [3.63, 3.8) is 0 Å². The van der Waals surface area contributed by atoms with Crippen LogP contribution in [0.2, 0.25) is 0 Å². The third kappa shape index (κ3) is 4.35. The molecule has 1 amide bonds. The summed E-state index contributed by atoms with van der Waals surface area (Å²) >= 11 is 0. The fourth-order valence-corrected chi connectivity index (χ4v) is 3.55. The van der Waals surface area contributed by atoms with E-state index < -0.39 is 0 Å². The molecule has 4 unspecified atom stereocenters. The molecule has 0 bridgehead atoms. The van der Waals surface area contributed by atoms with Crippen LogP contribution in [0.4, 0.5) is 0 Å². The Hall–Kier alpha value is -0.280. The number of hydrogen-bond donors (Lipinski definition) is 2. The summed E-state index contributed by atoms with van der Waals surface area (Å²) in [5.74, 6) is 0.991. The van der Waals surface area contributed by atoms with E-state index in [1.54, 1.807) is 0 Å². The lowest BCUT2D eigenvalue weighted by Gasteiger charge is -2.24. The number of amides is 1. The minimum Gasteiger partial charge on any atom is -0.352 e. The molecule has 2 fully saturated rings. The summed E-state index contributed by atoms with van der Waals surface area (Å²) in [5, 5.41) is 6.77. The van der Waals surface area contributed by atoms with Crippen molar-refractivity contribution in [3.05, 3.63) is 0 Å². The van der Waals surface area contributed by atoms with Gasteiger partial charge in [0.05, 0.1) is 6.04 Å². The van der Waals surface area contributed by atoms with Crippen LogP contribution >= 0.6 is 12.4 Å². The van der Waals surface area contributed by atoms with Gasteiger partial charge in [0.15, 0.2) is 0 Å². The van der Waals surface area contributed by atoms with Crippen LogP contribution < -0.4 is 10.6 Å². The molecule has 112 valence electrons. The van der Waals surface area contributed by atoms with E-state index in [2.05, 4.69) is 24.5 Å². The van der Waals surface area contributed by atoms with Crippen molar-refractivity contribution < 1.29 is 4.79 Å². The van der Waals surface area contributed by atoms with Gasteiger partial charge in [0.25, 0.3) is 0 Å². The van der Waals surface area contributed by atoms with E-state index in [1.807, 2.05) is 0 Å². The van der Waals surface area contributed by atoms with Gasteiger partial charge in [-0.1, -0.05) is 33.1 Å². The van der Waals surface area contributed by atoms with Crippen molar-refractivity contribution in [1.29, 1.82) is 0 Å².